The highest BCUT2D eigenvalue weighted by Gasteiger charge is 2.05. The second-order valence-corrected chi connectivity index (χ2v) is 5.29. The Morgan fingerprint density at radius 1 is 1.40 bits per heavy atom. The smallest absolute Gasteiger partial charge is 0.209 e. The zero-order valence-electron chi connectivity index (χ0n) is 9.14. The zero-order valence-corrected chi connectivity index (χ0v) is 10.8. The number of thioether (sulfide) groups is 2. The second-order valence-electron chi connectivity index (χ2n) is 2.83. The Morgan fingerprint density at radius 3 is 3.00 bits per heavy atom. The van der Waals surface area contributed by atoms with Gasteiger partial charge in [-0.25, -0.2) is 4.68 Å². The molecule has 86 valence electrons. The Bertz CT molecular complexity index is 265. The Labute approximate surface area is 98.8 Å². The molecule has 0 aliphatic rings. The van der Waals surface area contributed by atoms with Crippen molar-refractivity contribution in [3.8, 4) is 0 Å². The summed E-state index contributed by atoms with van der Waals surface area (Å²) in [6.07, 6.45) is 0. The van der Waals surface area contributed by atoms with Crippen molar-refractivity contribution in [1.29, 1.82) is 0 Å². The number of likely N-dealkylation sites (N-methyl/N-ethyl adjacent to an activating group) is 1. The van der Waals surface area contributed by atoms with Crippen molar-refractivity contribution >= 4 is 23.5 Å². The quantitative estimate of drug-likeness (QED) is 0.540. The van der Waals surface area contributed by atoms with Gasteiger partial charge in [-0.15, -0.1) is 5.10 Å². The molecule has 0 aliphatic heterocycles. The van der Waals surface area contributed by atoms with Crippen LogP contribution in [0.4, 0.5) is 0 Å². The fourth-order valence-electron chi connectivity index (χ4n) is 0.994. The average Bonchev–Trinajstić information content (AvgIpc) is 2.69. The third-order valence-electron chi connectivity index (χ3n) is 1.74. The van der Waals surface area contributed by atoms with Gasteiger partial charge in [0.2, 0.25) is 5.16 Å². The molecule has 7 heteroatoms. The van der Waals surface area contributed by atoms with Crippen LogP contribution in [0.5, 0.6) is 0 Å². The van der Waals surface area contributed by atoms with E-state index in [0.717, 1.165) is 29.8 Å². The normalized spacial score (nSPS) is 10.8. The first-order valence-corrected chi connectivity index (χ1v) is 7.13. The minimum Gasteiger partial charge on any atom is -0.318 e. The molecular formula is C8H17N5S2. The van der Waals surface area contributed by atoms with Crippen LogP contribution < -0.4 is 5.32 Å². The monoisotopic (exact) mass is 247 g/mol. The third kappa shape index (κ3) is 4.85. The van der Waals surface area contributed by atoms with Gasteiger partial charge in [0.05, 0.1) is 6.54 Å². The topological polar surface area (TPSA) is 55.6 Å². The molecule has 1 aromatic heterocycles. The van der Waals surface area contributed by atoms with Crippen LogP contribution in [0, 0.1) is 0 Å². The van der Waals surface area contributed by atoms with Crippen LogP contribution in [-0.4, -0.2) is 51.1 Å². The maximum Gasteiger partial charge on any atom is 0.209 e. The molecule has 5 nitrogen and oxygen atoms in total. The molecule has 1 heterocycles. The molecule has 1 rings (SSSR count). The van der Waals surface area contributed by atoms with E-state index in [1.54, 1.807) is 11.8 Å². The van der Waals surface area contributed by atoms with Crippen LogP contribution in [0.3, 0.4) is 0 Å². The molecule has 1 N–H and O–H groups in total. The summed E-state index contributed by atoms with van der Waals surface area (Å²) in [6, 6.07) is 0. The summed E-state index contributed by atoms with van der Waals surface area (Å²) in [7, 11) is 1.93. The van der Waals surface area contributed by atoms with Crippen LogP contribution in [0.1, 0.15) is 6.92 Å². The molecule has 15 heavy (non-hydrogen) atoms. The van der Waals surface area contributed by atoms with E-state index in [9.17, 15) is 0 Å². The van der Waals surface area contributed by atoms with Crippen molar-refractivity contribution < 1.29 is 0 Å². The molecule has 0 unspecified atom stereocenters. The maximum absolute atomic E-state index is 3.99. The van der Waals surface area contributed by atoms with E-state index in [-0.39, 0.29) is 0 Å². The van der Waals surface area contributed by atoms with Gasteiger partial charge in [0.1, 0.15) is 0 Å². The fraction of sp³-hybridized carbons (Fsp3) is 0.875. The Kier molecular flexibility index (Phi) is 6.78. The van der Waals surface area contributed by atoms with Crippen LogP contribution in [0.15, 0.2) is 5.16 Å². The van der Waals surface area contributed by atoms with Crippen molar-refractivity contribution in [2.45, 2.75) is 18.6 Å². The lowest BCUT2D eigenvalue weighted by Crippen LogP contribution is -2.16. The van der Waals surface area contributed by atoms with Crippen LogP contribution in [0.2, 0.25) is 0 Å². The molecule has 0 atom stereocenters. The molecule has 0 bridgehead atoms. The van der Waals surface area contributed by atoms with Crippen molar-refractivity contribution in [2.24, 2.45) is 0 Å². The molecule has 0 saturated heterocycles. The van der Waals surface area contributed by atoms with Gasteiger partial charge in [0, 0.05) is 18.1 Å². The van der Waals surface area contributed by atoms with Crippen molar-refractivity contribution in [3.63, 3.8) is 0 Å². The first kappa shape index (κ1) is 12.8. The summed E-state index contributed by atoms with van der Waals surface area (Å²) in [6.45, 7) is 3.89. The molecule has 0 aliphatic carbocycles. The predicted molar refractivity (Wildman–Crippen MR) is 65.5 cm³/mol. The fourth-order valence-corrected chi connectivity index (χ4v) is 2.64. The van der Waals surface area contributed by atoms with Gasteiger partial charge in [-0.2, -0.15) is 11.8 Å². The first-order chi connectivity index (χ1) is 7.38. The van der Waals surface area contributed by atoms with Gasteiger partial charge in [0.15, 0.2) is 0 Å². The average molecular weight is 247 g/mol. The summed E-state index contributed by atoms with van der Waals surface area (Å²) < 4.78 is 1.85. The second kappa shape index (κ2) is 7.95. The van der Waals surface area contributed by atoms with Crippen LogP contribution >= 0.6 is 23.5 Å². The number of hydrogen-bond donors (Lipinski definition) is 1. The summed E-state index contributed by atoms with van der Waals surface area (Å²) in [5, 5.41) is 15.6. The molecule has 0 spiro atoms. The van der Waals surface area contributed by atoms with E-state index in [0.29, 0.717) is 0 Å². The van der Waals surface area contributed by atoms with Gasteiger partial charge < -0.3 is 5.32 Å². The van der Waals surface area contributed by atoms with E-state index in [1.807, 2.05) is 23.5 Å². The Balaban J connectivity index is 2.29. The molecule has 0 aromatic carbocycles. The van der Waals surface area contributed by atoms with Crippen molar-refractivity contribution in [1.82, 2.24) is 25.5 Å². The molecule has 0 radical (unpaired) electrons. The minimum atomic E-state index is 0.826. The van der Waals surface area contributed by atoms with Gasteiger partial charge >= 0.3 is 0 Å². The zero-order chi connectivity index (χ0) is 10.9. The summed E-state index contributed by atoms with van der Waals surface area (Å²) >= 11 is 3.66. The Morgan fingerprint density at radius 2 is 2.27 bits per heavy atom. The largest absolute Gasteiger partial charge is 0.318 e. The number of aromatic nitrogens is 4. The number of tetrazole rings is 1. The van der Waals surface area contributed by atoms with Crippen molar-refractivity contribution in [3.05, 3.63) is 0 Å². The first-order valence-electron chi connectivity index (χ1n) is 4.99. The van der Waals surface area contributed by atoms with Crippen LogP contribution in [0.25, 0.3) is 0 Å². The van der Waals surface area contributed by atoms with Gasteiger partial charge in [0.25, 0.3) is 0 Å². The lowest BCUT2D eigenvalue weighted by Gasteiger charge is -2.02. The predicted octanol–water partition coefficient (Wildman–Crippen LogP) is 0.738. The summed E-state index contributed by atoms with van der Waals surface area (Å²) in [5.41, 5.74) is 0. The highest BCUT2D eigenvalue weighted by molar-refractivity contribution is 8.02. The molecule has 0 amide bonds. The standard InChI is InChI=1S/C8H17N5S2/c1-3-14-6-7-15-8-10-11-12-13(8)5-4-9-2/h9H,3-7H2,1-2H3. The summed E-state index contributed by atoms with van der Waals surface area (Å²) in [4.78, 5) is 0. The van der Waals surface area contributed by atoms with E-state index in [1.165, 1.54) is 5.75 Å². The number of nitrogens with zero attached hydrogens (tertiary/aromatic N) is 4. The van der Waals surface area contributed by atoms with Crippen LogP contribution in [-0.2, 0) is 6.54 Å². The highest BCUT2D eigenvalue weighted by atomic mass is 32.2. The lowest BCUT2D eigenvalue weighted by atomic mass is 10.6. The minimum absolute atomic E-state index is 0.826. The van der Waals surface area contributed by atoms with Gasteiger partial charge in [-0.05, 0) is 23.2 Å². The number of rotatable bonds is 8. The summed E-state index contributed by atoms with van der Waals surface area (Å²) in [5.74, 6) is 3.39. The Hall–Kier alpha value is -0.270. The van der Waals surface area contributed by atoms with E-state index in [4.69, 9.17) is 0 Å². The maximum atomic E-state index is 3.99. The molecule has 0 saturated carbocycles. The molecule has 1 aromatic rings. The number of hydrogen-bond acceptors (Lipinski definition) is 6. The van der Waals surface area contributed by atoms with Gasteiger partial charge in [-0.3, -0.25) is 0 Å². The number of nitrogens with one attached hydrogen (secondary N) is 1. The van der Waals surface area contributed by atoms with E-state index >= 15 is 0 Å². The van der Waals surface area contributed by atoms with E-state index in [2.05, 4.69) is 27.8 Å². The highest BCUT2D eigenvalue weighted by Crippen LogP contribution is 2.15. The SMILES string of the molecule is CCSCCSc1nnnn1CCNC. The third-order valence-corrected chi connectivity index (χ3v) is 3.85. The molecule has 0 fully saturated rings. The van der Waals surface area contributed by atoms with Gasteiger partial charge in [-0.1, -0.05) is 18.7 Å². The van der Waals surface area contributed by atoms with E-state index < -0.39 is 0 Å². The van der Waals surface area contributed by atoms with Crippen molar-refractivity contribution in [2.75, 3.05) is 30.9 Å². The molecular weight excluding hydrogens is 230 g/mol. The lowest BCUT2D eigenvalue weighted by molar-refractivity contribution is 0.530.